The maximum absolute atomic E-state index is 7.19. The highest BCUT2D eigenvalue weighted by Crippen LogP contribution is 2.48. The van der Waals surface area contributed by atoms with Crippen molar-refractivity contribution in [3.8, 4) is 0 Å². The van der Waals surface area contributed by atoms with Crippen molar-refractivity contribution in [3.05, 3.63) is 0 Å². The molecule has 0 aliphatic heterocycles. The summed E-state index contributed by atoms with van der Waals surface area (Å²) in [6.45, 7) is 1.08. The van der Waals surface area contributed by atoms with E-state index in [0.717, 1.165) is 13.0 Å². The van der Waals surface area contributed by atoms with Crippen LogP contribution >= 0.6 is 0 Å². The van der Waals surface area contributed by atoms with Crippen molar-refractivity contribution in [2.75, 3.05) is 20.6 Å². The molecule has 0 unspecified atom stereocenters. The first-order valence-electron chi connectivity index (χ1n) is 4.02. The number of nitrogens with two attached hydrogens (primary N) is 1. The summed E-state index contributed by atoms with van der Waals surface area (Å²) in [4.78, 5) is 2.18. The molecule has 11 heavy (non-hydrogen) atoms. The maximum atomic E-state index is 7.19. The Labute approximate surface area is 68.1 Å². The van der Waals surface area contributed by atoms with E-state index in [0.29, 0.717) is 11.3 Å². The Morgan fingerprint density at radius 2 is 2.09 bits per heavy atom. The number of amidine groups is 1. The fourth-order valence-electron chi connectivity index (χ4n) is 1.64. The summed E-state index contributed by atoms with van der Waals surface area (Å²) < 4.78 is 0. The van der Waals surface area contributed by atoms with E-state index in [1.54, 1.807) is 0 Å². The summed E-state index contributed by atoms with van der Waals surface area (Å²) in [7, 11) is 4.14. The normalized spacial score (nSPS) is 20.3. The van der Waals surface area contributed by atoms with Gasteiger partial charge in [-0.15, -0.1) is 0 Å². The molecule has 1 aliphatic rings. The average molecular weight is 155 g/mol. The van der Waals surface area contributed by atoms with Crippen LogP contribution in [0.2, 0.25) is 0 Å². The Kier molecular flexibility index (Phi) is 2.18. The van der Waals surface area contributed by atoms with Crippen LogP contribution in [-0.4, -0.2) is 31.4 Å². The van der Waals surface area contributed by atoms with Crippen LogP contribution in [0.3, 0.4) is 0 Å². The molecule has 3 N–H and O–H groups in total. The highest BCUT2D eigenvalue weighted by atomic mass is 15.1. The number of hydrogen-bond donors (Lipinski definition) is 2. The summed E-state index contributed by atoms with van der Waals surface area (Å²) in [6, 6.07) is 0. The van der Waals surface area contributed by atoms with Crippen molar-refractivity contribution in [1.29, 1.82) is 5.41 Å². The predicted octanol–water partition coefficient (Wildman–Crippen LogP) is 0.654. The molecule has 0 bridgehead atoms. The Balaban J connectivity index is 2.35. The Hall–Kier alpha value is -0.570. The highest BCUT2D eigenvalue weighted by Gasteiger charge is 2.43. The van der Waals surface area contributed by atoms with Gasteiger partial charge in [0.2, 0.25) is 0 Å². The van der Waals surface area contributed by atoms with Crippen molar-refractivity contribution < 1.29 is 0 Å². The van der Waals surface area contributed by atoms with Gasteiger partial charge in [0.25, 0.3) is 0 Å². The second kappa shape index (κ2) is 2.81. The average Bonchev–Trinajstić information content (AvgIpc) is 2.43. The third kappa shape index (κ3) is 2.50. The van der Waals surface area contributed by atoms with Gasteiger partial charge in [0, 0.05) is 13.0 Å². The first kappa shape index (κ1) is 8.53. The van der Waals surface area contributed by atoms with Gasteiger partial charge in [0.15, 0.2) is 0 Å². The lowest BCUT2D eigenvalue weighted by atomic mass is 10.0. The predicted molar refractivity (Wildman–Crippen MR) is 46.8 cm³/mol. The summed E-state index contributed by atoms with van der Waals surface area (Å²) >= 11 is 0. The van der Waals surface area contributed by atoms with E-state index in [4.69, 9.17) is 11.1 Å². The van der Waals surface area contributed by atoms with Gasteiger partial charge >= 0.3 is 0 Å². The van der Waals surface area contributed by atoms with Gasteiger partial charge in [-0.05, 0) is 32.4 Å². The molecule has 0 aromatic rings. The molecule has 0 heterocycles. The smallest absolute Gasteiger partial charge is 0.0911 e. The van der Waals surface area contributed by atoms with Crippen LogP contribution in [0.4, 0.5) is 0 Å². The van der Waals surface area contributed by atoms with E-state index in [-0.39, 0.29) is 0 Å². The van der Waals surface area contributed by atoms with Crippen LogP contribution in [0, 0.1) is 10.8 Å². The molecule has 3 nitrogen and oxygen atoms in total. The zero-order valence-electron chi connectivity index (χ0n) is 7.35. The highest BCUT2D eigenvalue weighted by molar-refractivity contribution is 5.78. The van der Waals surface area contributed by atoms with Gasteiger partial charge in [-0.25, -0.2) is 0 Å². The van der Waals surface area contributed by atoms with Gasteiger partial charge in [-0.3, -0.25) is 5.41 Å². The van der Waals surface area contributed by atoms with Gasteiger partial charge in [0.05, 0.1) is 5.84 Å². The van der Waals surface area contributed by atoms with Crippen LogP contribution < -0.4 is 5.73 Å². The van der Waals surface area contributed by atoms with Crippen LogP contribution in [0.15, 0.2) is 0 Å². The summed E-state index contributed by atoms with van der Waals surface area (Å²) in [6.07, 6.45) is 3.26. The van der Waals surface area contributed by atoms with Crippen molar-refractivity contribution in [2.24, 2.45) is 11.1 Å². The molecule has 3 heteroatoms. The molecule has 64 valence electrons. The molecule has 1 aliphatic carbocycles. The lowest BCUT2D eigenvalue weighted by Gasteiger charge is -2.18. The van der Waals surface area contributed by atoms with E-state index in [9.17, 15) is 0 Å². The molecular formula is C8H17N3. The van der Waals surface area contributed by atoms with E-state index in [1.807, 2.05) is 0 Å². The van der Waals surface area contributed by atoms with Crippen LogP contribution in [-0.2, 0) is 0 Å². The third-order valence-corrected chi connectivity index (χ3v) is 2.17. The lowest BCUT2D eigenvalue weighted by Crippen LogP contribution is -2.27. The van der Waals surface area contributed by atoms with Crippen molar-refractivity contribution >= 4 is 5.84 Å². The van der Waals surface area contributed by atoms with Gasteiger partial charge < -0.3 is 10.6 Å². The van der Waals surface area contributed by atoms with E-state index in [2.05, 4.69) is 19.0 Å². The van der Waals surface area contributed by atoms with Crippen molar-refractivity contribution in [2.45, 2.75) is 19.3 Å². The molecule has 0 radical (unpaired) electrons. The number of nitrogens with zero attached hydrogens (tertiary/aromatic N) is 1. The van der Waals surface area contributed by atoms with Crippen molar-refractivity contribution in [1.82, 2.24) is 4.90 Å². The monoisotopic (exact) mass is 155 g/mol. The van der Waals surface area contributed by atoms with Crippen LogP contribution in [0.25, 0.3) is 0 Å². The quantitative estimate of drug-likeness (QED) is 0.463. The summed E-state index contributed by atoms with van der Waals surface area (Å²) in [5.74, 6) is 0.337. The SMILES string of the molecule is CN(C)CC1(CC(=N)N)CC1. The van der Waals surface area contributed by atoms with Crippen molar-refractivity contribution in [3.63, 3.8) is 0 Å². The number of hydrogen-bond acceptors (Lipinski definition) is 2. The number of nitrogens with one attached hydrogen (secondary N) is 1. The fraction of sp³-hybridized carbons (Fsp3) is 0.875. The molecular weight excluding hydrogens is 138 g/mol. The summed E-state index contributed by atoms with van der Waals surface area (Å²) in [5, 5.41) is 7.19. The largest absolute Gasteiger partial charge is 0.388 e. The second-order valence-electron chi connectivity index (χ2n) is 3.94. The Bertz CT molecular complexity index is 159. The maximum Gasteiger partial charge on any atom is 0.0911 e. The molecule has 1 rings (SSSR count). The number of rotatable bonds is 4. The van der Waals surface area contributed by atoms with E-state index in [1.165, 1.54) is 12.8 Å². The Morgan fingerprint density at radius 3 is 2.36 bits per heavy atom. The van der Waals surface area contributed by atoms with E-state index < -0.39 is 0 Å². The minimum Gasteiger partial charge on any atom is -0.388 e. The Morgan fingerprint density at radius 1 is 1.55 bits per heavy atom. The molecule has 0 saturated heterocycles. The molecule has 0 atom stereocenters. The fourth-order valence-corrected chi connectivity index (χ4v) is 1.64. The zero-order valence-corrected chi connectivity index (χ0v) is 7.35. The van der Waals surface area contributed by atoms with Gasteiger partial charge in [0.1, 0.15) is 0 Å². The van der Waals surface area contributed by atoms with Gasteiger partial charge in [-0.1, -0.05) is 0 Å². The molecule has 0 aromatic heterocycles. The van der Waals surface area contributed by atoms with E-state index >= 15 is 0 Å². The summed E-state index contributed by atoms with van der Waals surface area (Å²) in [5.41, 5.74) is 5.73. The van der Waals surface area contributed by atoms with Crippen LogP contribution in [0.1, 0.15) is 19.3 Å². The second-order valence-corrected chi connectivity index (χ2v) is 3.94. The molecule has 0 spiro atoms. The zero-order chi connectivity index (χ0) is 8.48. The first-order valence-corrected chi connectivity index (χ1v) is 4.02. The minimum absolute atomic E-state index is 0.337. The molecule has 0 aromatic carbocycles. The third-order valence-electron chi connectivity index (χ3n) is 2.17. The van der Waals surface area contributed by atoms with Crippen LogP contribution in [0.5, 0.6) is 0 Å². The first-order chi connectivity index (χ1) is 5.04. The molecule has 1 saturated carbocycles. The van der Waals surface area contributed by atoms with Gasteiger partial charge in [-0.2, -0.15) is 0 Å². The lowest BCUT2D eigenvalue weighted by molar-refractivity contribution is 0.314. The standard InChI is InChI=1S/C8H17N3/c1-11(2)6-8(3-4-8)5-7(9)10/h3-6H2,1-2H3,(H3,9,10). The topological polar surface area (TPSA) is 53.1 Å². The minimum atomic E-state index is 0.337. The molecule has 0 amide bonds. The molecule has 1 fully saturated rings.